The van der Waals surface area contributed by atoms with Crippen LogP contribution in [0.3, 0.4) is 0 Å². The first-order chi connectivity index (χ1) is 20.3. The fourth-order valence-electron chi connectivity index (χ4n) is 6.41. The van der Waals surface area contributed by atoms with E-state index in [1.165, 1.54) is 0 Å². The van der Waals surface area contributed by atoms with Crippen molar-refractivity contribution < 1.29 is 27.8 Å². The number of methoxy groups -OCH3 is 1. The van der Waals surface area contributed by atoms with Crippen molar-refractivity contribution in [3.8, 4) is 22.6 Å². The summed E-state index contributed by atoms with van der Waals surface area (Å²) in [5.74, 6) is 0.747. The molecule has 2 N–H and O–H groups in total. The van der Waals surface area contributed by atoms with Crippen molar-refractivity contribution in [3.05, 3.63) is 78.4 Å². The lowest BCUT2D eigenvalue weighted by molar-refractivity contribution is -0.127. The number of benzene rings is 3. The number of aliphatic hydroxyl groups excluding tert-OH is 1. The Kier molecular flexibility index (Phi) is 7.97. The number of fused-ring (bicyclic) bond motifs is 2. The molecule has 0 aliphatic carbocycles. The molecule has 1 spiro atoms. The summed E-state index contributed by atoms with van der Waals surface area (Å²) in [6, 6.07) is 21.8. The van der Waals surface area contributed by atoms with Crippen molar-refractivity contribution in [1.29, 1.82) is 0 Å². The Morgan fingerprint density at radius 2 is 1.74 bits per heavy atom. The lowest BCUT2D eigenvalue weighted by atomic mass is 9.84. The number of hydrogen-bond donors (Lipinski definition) is 2. The number of piperidine rings is 1. The van der Waals surface area contributed by atoms with Crippen LogP contribution in [0.5, 0.6) is 11.5 Å². The van der Waals surface area contributed by atoms with Crippen molar-refractivity contribution in [2.24, 2.45) is 0 Å². The van der Waals surface area contributed by atoms with Crippen LogP contribution in [-0.4, -0.2) is 79.7 Å². The van der Waals surface area contributed by atoms with Gasteiger partial charge in [0.05, 0.1) is 19.8 Å². The van der Waals surface area contributed by atoms with Crippen LogP contribution in [0, 0.1) is 0 Å². The van der Waals surface area contributed by atoms with E-state index in [2.05, 4.69) is 16.3 Å². The molecule has 0 unspecified atom stereocenters. The minimum atomic E-state index is -4.12. The number of rotatable bonds is 4. The first-order valence-electron chi connectivity index (χ1n) is 14.5. The number of likely N-dealkylation sites (tertiary alicyclic amines) is 1. The summed E-state index contributed by atoms with van der Waals surface area (Å²) in [5.41, 5.74) is 2.34. The standard InChI is InChI=1S/C32H37N3O6S/c1-40-28-10-6-5-9-25(28)21-34-16-13-32(14-17-34)15-18-41-29-19-24(23-7-3-2-4-8-23)11-12-30(29)42(38,39)35-22-26(36)20-27(35)31(37)33-32/h2-12,19,26-27,36H,13-18,20-22H2,1H3,(H,33,37)/t26-,27+/m1/s1. The van der Waals surface area contributed by atoms with Gasteiger partial charge < -0.3 is 19.9 Å². The summed E-state index contributed by atoms with van der Waals surface area (Å²) in [4.78, 5) is 16.1. The third-order valence-corrected chi connectivity index (χ3v) is 10.7. The maximum atomic E-state index is 13.9. The molecule has 9 nitrogen and oxygen atoms in total. The maximum absolute atomic E-state index is 13.9. The lowest BCUT2D eigenvalue weighted by Gasteiger charge is -2.43. The number of carbonyl (C=O) groups excluding carboxylic acids is 1. The van der Waals surface area contributed by atoms with E-state index in [0.717, 1.165) is 46.4 Å². The first kappa shape index (κ1) is 28.7. The number of para-hydroxylation sites is 1. The molecule has 10 heteroatoms. The van der Waals surface area contributed by atoms with Crippen molar-refractivity contribution in [2.75, 3.05) is 33.4 Å². The van der Waals surface area contributed by atoms with Crippen molar-refractivity contribution >= 4 is 15.9 Å². The zero-order valence-corrected chi connectivity index (χ0v) is 24.6. The molecule has 3 heterocycles. The van der Waals surface area contributed by atoms with Gasteiger partial charge >= 0.3 is 0 Å². The number of hydrogen-bond acceptors (Lipinski definition) is 7. The van der Waals surface area contributed by atoms with Crippen LogP contribution in [0.1, 0.15) is 31.2 Å². The molecule has 3 aromatic rings. The second-order valence-corrected chi connectivity index (χ2v) is 13.3. The summed E-state index contributed by atoms with van der Waals surface area (Å²) in [7, 11) is -2.45. The van der Waals surface area contributed by atoms with Gasteiger partial charge in [-0.05, 0) is 42.2 Å². The van der Waals surface area contributed by atoms with Gasteiger partial charge in [-0.2, -0.15) is 4.31 Å². The molecule has 0 radical (unpaired) electrons. The molecule has 3 aliphatic heterocycles. The topological polar surface area (TPSA) is 108 Å². The Morgan fingerprint density at radius 1 is 1.00 bits per heavy atom. The van der Waals surface area contributed by atoms with Gasteiger partial charge in [0, 0.05) is 50.1 Å². The Morgan fingerprint density at radius 3 is 2.50 bits per heavy atom. The Bertz CT molecular complexity index is 1540. The third-order valence-electron chi connectivity index (χ3n) is 8.80. The van der Waals surface area contributed by atoms with E-state index in [9.17, 15) is 18.3 Å². The predicted molar refractivity (Wildman–Crippen MR) is 159 cm³/mol. The largest absolute Gasteiger partial charge is 0.496 e. The van der Waals surface area contributed by atoms with E-state index >= 15 is 0 Å². The third kappa shape index (κ3) is 5.64. The molecule has 3 aliphatic rings. The van der Waals surface area contributed by atoms with Crippen LogP contribution < -0.4 is 14.8 Å². The Hall–Kier alpha value is -3.44. The van der Waals surface area contributed by atoms with Gasteiger partial charge in [0.1, 0.15) is 22.4 Å². The quantitative estimate of drug-likeness (QED) is 0.479. The SMILES string of the molecule is COc1ccccc1CN1CCC2(CCOc3cc(-c4ccccc4)ccc3S(=O)(=O)N3C[C@H](O)C[C@H]3C(=O)N2)CC1. The van der Waals surface area contributed by atoms with E-state index < -0.39 is 27.7 Å². The smallest absolute Gasteiger partial charge is 0.247 e. The number of aliphatic hydroxyl groups is 1. The number of carbonyl (C=O) groups is 1. The summed E-state index contributed by atoms with van der Waals surface area (Å²) in [6.45, 7) is 2.35. The van der Waals surface area contributed by atoms with Gasteiger partial charge in [0.2, 0.25) is 15.9 Å². The van der Waals surface area contributed by atoms with Gasteiger partial charge in [0.25, 0.3) is 0 Å². The molecule has 6 rings (SSSR count). The minimum absolute atomic E-state index is 0.0108. The molecule has 2 fully saturated rings. The zero-order valence-electron chi connectivity index (χ0n) is 23.7. The highest BCUT2D eigenvalue weighted by molar-refractivity contribution is 7.89. The average molecular weight is 592 g/mol. The number of ether oxygens (including phenoxy) is 2. The molecular formula is C32H37N3O6S. The van der Waals surface area contributed by atoms with E-state index in [1.54, 1.807) is 25.3 Å². The summed E-state index contributed by atoms with van der Waals surface area (Å²) in [5, 5.41) is 13.8. The Balaban J connectivity index is 1.29. The minimum Gasteiger partial charge on any atom is -0.496 e. The first-order valence-corrected chi connectivity index (χ1v) is 15.9. The molecule has 3 aromatic carbocycles. The molecule has 0 bridgehead atoms. The van der Waals surface area contributed by atoms with Crippen LogP contribution >= 0.6 is 0 Å². The van der Waals surface area contributed by atoms with Gasteiger partial charge in [-0.15, -0.1) is 0 Å². The van der Waals surface area contributed by atoms with Crippen molar-refractivity contribution in [2.45, 2.75) is 54.8 Å². The van der Waals surface area contributed by atoms with E-state index in [0.29, 0.717) is 19.3 Å². The van der Waals surface area contributed by atoms with Crippen LogP contribution in [0.4, 0.5) is 0 Å². The molecule has 2 atom stereocenters. The second kappa shape index (κ2) is 11.7. The number of amides is 1. The highest BCUT2D eigenvalue weighted by Crippen LogP contribution is 2.37. The normalized spacial score (nSPS) is 24.1. The van der Waals surface area contributed by atoms with Crippen molar-refractivity contribution in [3.63, 3.8) is 0 Å². The van der Waals surface area contributed by atoms with Crippen LogP contribution in [0.2, 0.25) is 0 Å². The number of sulfonamides is 1. The molecule has 2 saturated heterocycles. The molecule has 222 valence electrons. The highest BCUT2D eigenvalue weighted by Gasteiger charge is 2.47. The number of nitrogens with zero attached hydrogens (tertiary/aromatic N) is 2. The second-order valence-electron chi connectivity index (χ2n) is 11.5. The van der Waals surface area contributed by atoms with E-state index in [1.807, 2.05) is 48.5 Å². The molecule has 1 amide bonds. The van der Waals surface area contributed by atoms with E-state index in [-0.39, 0.29) is 36.1 Å². The molecular weight excluding hydrogens is 554 g/mol. The Labute approximate surface area is 247 Å². The maximum Gasteiger partial charge on any atom is 0.247 e. The van der Waals surface area contributed by atoms with Gasteiger partial charge in [-0.1, -0.05) is 54.6 Å². The fourth-order valence-corrected chi connectivity index (χ4v) is 8.16. The van der Waals surface area contributed by atoms with E-state index in [4.69, 9.17) is 9.47 Å². The highest BCUT2D eigenvalue weighted by atomic mass is 32.2. The molecule has 42 heavy (non-hydrogen) atoms. The summed E-state index contributed by atoms with van der Waals surface area (Å²) in [6.07, 6.45) is 1.04. The average Bonchev–Trinajstić information content (AvgIpc) is 3.41. The van der Waals surface area contributed by atoms with Gasteiger partial charge in [-0.3, -0.25) is 9.69 Å². The molecule has 0 aromatic heterocycles. The molecule has 0 saturated carbocycles. The number of nitrogens with one attached hydrogen (secondary N) is 1. The lowest BCUT2D eigenvalue weighted by Crippen LogP contribution is -2.59. The summed E-state index contributed by atoms with van der Waals surface area (Å²) >= 11 is 0. The summed E-state index contributed by atoms with van der Waals surface area (Å²) < 4.78 is 40.8. The van der Waals surface area contributed by atoms with Gasteiger partial charge in [0.15, 0.2) is 0 Å². The van der Waals surface area contributed by atoms with Crippen LogP contribution in [0.25, 0.3) is 11.1 Å². The van der Waals surface area contributed by atoms with Crippen molar-refractivity contribution in [1.82, 2.24) is 14.5 Å². The predicted octanol–water partition coefficient (Wildman–Crippen LogP) is 3.42. The monoisotopic (exact) mass is 591 g/mol. The van der Waals surface area contributed by atoms with Crippen LogP contribution in [-0.2, 0) is 21.4 Å². The zero-order chi connectivity index (χ0) is 29.3. The van der Waals surface area contributed by atoms with Gasteiger partial charge in [-0.25, -0.2) is 8.42 Å². The van der Waals surface area contributed by atoms with Crippen LogP contribution in [0.15, 0.2) is 77.7 Å². The fraction of sp³-hybridized carbons (Fsp3) is 0.406.